The minimum absolute atomic E-state index is 0.0191. The average molecular weight is 405 g/mol. The van der Waals surface area contributed by atoms with Crippen LogP contribution in [0.25, 0.3) is 22.3 Å². The largest absolute Gasteiger partial charge is 0.360 e. The van der Waals surface area contributed by atoms with Gasteiger partial charge in [0.15, 0.2) is 5.13 Å². The highest BCUT2D eigenvalue weighted by molar-refractivity contribution is 7.14. The number of rotatable bonds is 3. The summed E-state index contributed by atoms with van der Waals surface area (Å²) in [6.45, 7) is 0.715. The molecular weight excluding hydrogens is 386 g/mol. The SMILES string of the molecule is O=C(Nc1nc(-c2ccc[nH]2)cs1)c1ccc2c(=O)n3c(nc2c1)CCCCC3. The number of carbonyl (C=O) groups excluding carboxylic acids is 1. The van der Waals surface area contributed by atoms with Gasteiger partial charge in [0.05, 0.1) is 22.3 Å². The van der Waals surface area contributed by atoms with Gasteiger partial charge in [0.25, 0.3) is 11.5 Å². The summed E-state index contributed by atoms with van der Waals surface area (Å²) in [6, 6.07) is 8.89. The van der Waals surface area contributed by atoms with Crippen LogP contribution in [0.5, 0.6) is 0 Å². The molecule has 8 heteroatoms. The smallest absolute Gasteiger partial charge is 0.261 e. The lowest BCUT2D eigenvalue weighted by Crippen LogP contribution is -2.24. The topological polar surface area (TPSA) is 92.7 Å². The first kappa shape index (κ1) is 17.8. The Labute approximate surface area is 170 Å². The van der Waals surface area contributed by atoms with E-state index in [4.69, 9.17) is 4.98 Å². The molecular formula is C21H19N5O2S. The number of aromatic nitrogens is 4. The molecule has 1 aromatic carbocycles. The predicted octanol–water partition coefficient (Wildman–Crippen LogP) is 3.83. The Morgan fingerprint density at radius 3 is 2.97 bits per heavy atom. The fraction of sp³-hybridized carbons (Fsp3) is 0.238. The summed E-state index contributed by atoms with van der Waals surface area (Å²) in [5.74, 6) is 0.546. The van der Waals surface area contributed by atoms with Gasteiger partial charge in [0.1, 0.15) is 5.82 Å². The van der Waals surface area contributed by atoms with Gasteiger partial charge >= 0.3 is 0 Å². The van der Waals surface area contributed by atoms with Crippen LogP contribution in [-0.4, -0.2) is 25.4 Å². The Hall–Kier alpha value is -3.26. The Morgan fingerprint density at radius 2 is 2.10 bits per heavy atom. The van der Waals surface area contributed by atoms with E-state index < -0.39 is 0 Å². The molecule has 0 atom stereocenters. The third kappa shape index (κ3) is 3.36. The Bertz CT molecular complexity index is 1260. The lowest BCUT2D eigenvalue weighted by Gasteiger charge is -2.10. The van der Waals surface area contributed by atoms with Crippen LogP contribution in [-0.2, 0) is 13.0 Å². The van der Waals surface area contributed by atoms with E-state index in [9.17, 15) is 9.59 Å². The van der Waals surface area contributed by atoms with Crippen LogP contribution < -0.4 is 10.9 Å². The molecule has 4 heterocycles. The van der Waals surface area contributed by atoms with Crippen LogP contribution >= 0.6 is 11.3 Å². The summed E-state index contributed by atoms with van der Waals surface area (Å²) in [5.41, 5.74) is 2.69. The van der Waals surface area contributed by atoms with Crippen LogP contribution in [0, 0.1) is 0 Å². The van der Waals surface area contributed by atoms with Crippen LogP contribution in [0.1, 0.15) is 35.4 Å². The molecule has 0 fully saturated rings. The molecule has 0 aliphatic carbocycles. The molecule has 0 bridgehead atoms. The molecule has 29 heavy (non-hydrogen) atoms. The molecule has 0 spiro atoms. The first-order chi connectivity index (χ1) is 14.2. The van der Waals surface area contributed by atoms with E-state index in [1.54, 1.807) is 22.8 Å². The minimum atomic E-state index is -0.267. The fourth-order valence-corrected chi connectivity index (χ4v) is 4.38. The van der Waals surface area contributed by atoms with Gasteiger partial charge in [0, 0.05) is 30.1 Å². The highest BCUT2D eigenvalue weighted by Crippen LogP contribution is 2.24. The number of nitrogens with zero attached hydrogens (tertiary/aromatic N) is 3. The van der Waals surface area contributed by atoms with Gasteiger partial charge in [-0.25, -0.2) is 9.97 Å². The molecule has 0 saturated heterocycles. The third-order valence-electron chi connectivity index (χ3n) is 5.18. The van der Waals surface area contributed by atoms with E-state index in [-0.39, 0.29) is 11.5 Å². The Balaban J connectivity index is 1.44. The number of nitrogens with one attached hydrogen (secondary N) is 2. The molecule has 0 saturated carbocycles. The molecule has 4 aromatic rings. The number of aryl methyl sites for hydroxylation is 1. The van der Waals surface area contributed by atoms with E-state index in [0.29, 0.717) is 28.1 Å². The maximum absolute atomic E-state index is 12.8. The van der Waals surface area contributed by atoms with Crippen molar-refractivity contribution in [2.75, 3.05) is 5.32 Å². The van der Waals surface area contributed by atoms with E-state index in [1.165, 1.54) is 11.3 Å². The summed E-state index contributed by atoms with van der Waals surface area (Å²) in [4.78, 5) is 37.8. The zero-order valence-electron chi connectivity index (χ0n) is 15.6. The lowest BCUT2D eigenvalue weighted by atomic mass is 10.1. The van der Waals surface area contributed by atoms with Crippen molar-refractivity contribution in [2.24, 2.45) is 0 Å². The molecule has 3 aromatic heterocycles. The molecule has 1 amide bonds. The fourth-order valence-electron chi connectivity index (χ4n) is 3.67. The first-order valence-corrected chi connectivity index (χ1v) is 10.5. The van der Waals surface area contributed by atoms with Gasteiger partial charge in [-0.05, 0) is 43.2 Å². The van der Waals surface area contributed by atoms with Crippen LogP contribution in [0.2, 0.25) is 0 Å². The molecule has 2 N–H and O–H groups in total. The monoisotopic (exact) mass is 405 g/mol. The number of H-pyrrole nitrogens is 1. The van der Waals surface area contributed by atoms with Crippen molar-refractivity contribution in [3.63, 3.8) is 0 Å². The van der Waals surface area contributed by atoms with E-state index in [1.807, 2.05) is 23.7 Å². The highest BCUT2D eigenvalue weighted by atomic mass is 32.1. The number of carbonyl (C=O) groups is 1. The lowest BCUT2D eigenvalue weighted by molar-refractivity contribution is 0.102. The van der Waals surface area contributed by atoms with E-state index in [2.05, 4.69) is 15.3 Å². The standard InChI is InChI=1S/C21H19N5O2S/c27-19(25-21-24-17(12-29-21)15-5-4-9-22-15)13-7-8-14-16(11-13)23-18-6-2-1-3-10-26(18)20(14)28/h4-5,7-9,11-12,22H,1-3,6,10H2,(H,24,25,27). The summed E-state index contributed by atoms with van der Waals surface area (Å²) in [7, 11) is 0. The minimum Gasteiger partial charge on any atom is -0.360 e. The number of aromatic amines is 1. The highest BCUT2D eigenvalue weighted by Gasteiger charge is 2.16. The second-order valence-corrected chi connectivity index (χ2v) is 7.96. The van der Waals surface area contributed by atoms with Crippen LogP contribution in [0.15, 0.2) is 46.7 Å². The summed E-state index contributed by atoms with van der Waals surface area (Å²) in [6.07, 6.45) is 5.76. The number of fused-ring (bicyclic) bond motifs is 2. The van der Waals surface area contributed by atoms with Crippen molar-refractivity contribution >= 4 is 33.3 Å². The van der Waals surface area contributed by atoms with Crippen molar-refractivity contribution < 1.29 is 4.79 Å². The number of benzene rings is 1. The molecule has 0 unspecified atom stereocenters. The number of thiazole rings is 1. The number of amides is 1. The summed E-state index contributed by atoms with van der Waals surface area (Å²) >= 11 is 1.37. The molecule has 7 nitrogen and oxygen atoms in total. The van der Waals surface area contributed by atoms with Gasteiger partial charge < -0.3 is 4.98 Å². The van der Waals surface area contributed by atoms with Crippen molar-refractivity contribution in [2.45, 2.75) is 32.2 Å². The van der Waals surface area contributed by atoms with Crippen LogP contribution in [0.4, 0.5) is 5.13 Å². The van der Waals surface area contributed by atoms with Crippen molar-refractivity contribution in [3.8, 4) is 11.4 Å². The molecule has 0 radical (unpaired) electrons. The molecule has 1 aliphatic rings. The van der Waals surface area contributed by atoms with Gasteiger partial charge in [-0.15, -0.1) is 11.3 Å². The maximum atomic E-state index is 12.8. The molecule has 5 rings (SSSR count). The van der Waals surface area contributed by atoms with Gasteiger partial charge in [-0.2, -0.15) is 0 Å². The van der Waals surface area contributed by atoms with Crippen LogP contribution in [0.3, 0.4) is 0 Å². The van der Waals surface area contributed by atoms with Gasteiger partial charge in [0.2, 0.25) is 0 Å². The average Bonchev–Trinajstić information content (AvgIpc) is 3.36. The van der Waals surface area contributed by atoms with Crippen molar-refractivity contribution in [1.82, 2.24) is 19.5 Å². The number of hydrogen-bond acceptors (Lipinski definition) is 5. The number of anilines is 1. The Kier molecular flexibility index (Phi) is 4.48. The summed E-state index contributed by atoms with van der Waals surface area (Å²) in [5, 5.41) is 5.80. The second-order valence-electron chi connectivity index (χ2n) is 7.10. The quantitative estimate of drug-likeness (QED) is 0.542. The third-order valence-corrected chi connectivity index (χ3v) is 5.93. The normalized spacial score (nSPS) is 13.8. The van der Waals surface area contributed by atoms with Crippen molar-refractivity contribution in [1.29, 1.82) is 0 Å². The van der Waals surface area contributed by atoms with E-state index >= 15 is 0 Å². The second kappa shape index (κ2) is 7.29. The zero-order chi connectivity index (χ0) is 19.8. The maximum Gasteiger partial charge on any atom is 0.261 e. The molecule has 1 aliphatic heterocycles. The van der Waals surface area contributed by atoms with Crippen molar-refractivity contribution in [3.05, 3.63) is 63.7 Å². The Morgan fingerprint density at radius 1 is 1.17 bits per heavy atom. The number of hydrogen-bond donors (Lipinski definition) is 2. The van der Waals surface area contributed by atoms with E-state index in [0.717, 1.165) is 42.9 Å². The first-order valence-electron chi connectivity index (χ1n) is 9.63. The molecule has 146 valence electrons. The summed E-state index contributed by atoms with van der Waals surface area (Å²) < 4.78 is 1.78. The predicted molar refractivity (Wildman–Crippen MR) is 113 cm³/mol. The van der Waals surface area contributed by atoms with Gasteiger partial charge in [-0.3, -0.25) is 19.5 Å². The zero-order valence-corrected chi connectivity index (χ0v) is 16.5. The van der Waals surface area contributed by atoms with Gasteiger partial charge in [-0.1, -0.05) is 6.42 Å².